The summed E-state index contributed by atoms with van der Waals surface area (Å²) in [5.41, 5.74) is 2.10. The topological polar surface area (TPSA) is 85.8 Å². The standard InChI is InChI=1S/C19H26N6O2/c1-3-27-19(26)25-11-9-24(10-12-25)18(20-2)22-14-17-21-13-16(23-17)15-7-5-4-6-8-15/h4-8,13H,3,9-12,14H2,1-2H3,(H,20,22)(H,21,23). The van der Waals surface area contributed by atoms with Crippen LogP contribution >= 0.6 is 0 Å². The number of imidazole rings is 1. The normalized spacial score (nSPS) is 15.0. The lowest BCUT2D eigenvalue weighted by atomic mass is 10.2. The summed E-state index contributed by atoms with van der Waals surface area (Å²) in [6.45, 7) is 5.44. The summed E-state index contributed by atoms with van der Waals surface area (Å²) in [5.74, 6) is 1.65. The Hall–Kier alpha value is -3.03. The van der Waals surface area contributed by atoms with Crippen molar-refractivity contribution < 1.29 is 9.53 Å². The number of piperazine rings is 1. The first-order valence-corrected chi connectivity index (χ1v) is 9.18. The second-order valence-corrected chi connectivity index (χ2v) is 6.18. The van der Waals surface area contributed by atoms with Crippen LogP contribution in [0.5, 0.6) is 0 Å². The van der Waals surface area contributed by atoms with Crippen LogP contribution < -0.4 is 5.32 Å². The van der Waals surface area contributed by atoms with Crippen LogP contribution in [0.4, 0.5) is 4.79 Å². The molecule has 0 radical (unpaired) electrons. The van der Waals surface area contributed by atoms with Crippen LogP contribution in [0.2, 0.25) is 0 Å². The highest BCUT2D eigenvalue weighted by atomic mass is 16.6. The number of aliphatic imine (C=N–C) groups is 1. The van der Waals surface area contributed by atoms with Crippen LogP contribution in [-0.4, -0.2) is 71.7 Å². The first-order valence-electron chi connectivity index (χ1n) is 9.18. The number of hydrogen-bond donors (Lipinski definition) is 2. The smallest absolute Gasteiger partial charge is 0.409 e. The van der Waals surface area contributed by atoms with E-state index in [9.17, 15) is 4.79 Å². The molecule has 1 fully saturated rings. The molecule has 2 aromatic rings. The van der Waals surface area contributed by atoms with E-state index >= 15 is 0 Å². The minimum absolute atomic E-state index is 0.246. The molecular weight excluding hydrogens is 344 g/mol. The molecule has 0 aliphatic carbocycles. The maximum absolute atomic E-state index is 11.8. The Balaban J connectivity index is 1.52. The lowest BCUT2D eigenvalue weighted by Gasteiger charge is -2.35. The van der Waals surface area contributed by atoms with Crippen molar-refractivity contribution in [1.29, 1.82) is 0 Å². The first kappa shape index (κ1) is 18.8. The average Bonchev–Trinajstić information content (AvgIpc) is 3.19. The molecule has 8 nitrogen and oxygen atoms in total. The van der Waals surface area contributed by atoms with Crippen molar-refractivity contribution >= 4 is 12.1 Å². The van der Waals surface area contributed by atoms with E-state index in [4.69, 9.17) is 4.74 Å². The number of ether oxygens (including phenoxy) is 1. The minimum Gasteiger partial charge on any atom is -0.450 e. The zero-order valence-electron chi connectivity index (χ0n) is 15.8. The number of carbonyl (C=O) groups excluding carboxylic acids is 1. The van der Waals surface area contributed by atoms with E-state index in [1.54, 1.807) is 11.9 Å². The molecule has 0 unspecified atom stereocenters. The quantitative estimate of drug-likeness (QED) is 0.634. The van der Waals surface area contributed by atoms with Gasteiger partial charge in [0.05, 0.1) is 25.0 Å². The van der Waals surface area contributed by atoms with Crippen molar-refractivity contribution in [1.82, 2.24) is 25.1 Å². The molecule has 0 saturated carbocycles. The van der Waals surface area contributed by atoms with Crippen molar-refractivity contribution in [3.63, 3.8) is 0 Å². The molecule has 0 atom stereocenters. The molecule has 1 saturated heterocycles. The molecule has 27 heavy (non-hydrogen) atoms. The molecule has 2 N–H and O–H groups in total. The fraction of sp³-hybridized carbons (Fsp3) is 0.421. The van der Waals surface area contributed by atoms with Crippen LogP contribution in [0.25, 0.3) is 11.3 Å². The Morgan fingerprint density at radius 1 is 1.22 bits per heavy atom. The van der Waals surface area contributed by atoms with Gasteiger partial charge in [-0.1, -0.05) is 30.3 Å². The predicted molar refractivity (Wildman–Crippen MR) is 104 cm³/mol. The van der Waals surface area contributed by atoms with E-state index in [-0.39, 0.29) is 6.09 Å². The van der Waals surface area contributed by atoms with E-state index in [1.165, 1.54) is 0 Å². The third-order valence-corrected chi connectivity index (χ3v) is 4.44. The zero-order chi connectivity index (χ0) is 19.1. The molecule has 0 bridgehead atoms. The van der Waals surface area contributed by atoms with Gasteiger partial charge in [0.15, 0.2) is 5.96 Å². The van der Waals surface area contributed by atoms with Gasteiger partial charge >= 0.3 is 6.09 Å². The van der Waals surface area contributed by atoms with Crippen LogP contribution in [0, 0.1) is 0 Å². The van der Waals surface area contributed by atoms with E-state index in [0.29, 0.717) is 39.3 Å². The molecule has 1 aromatic carbocycles. The van der Waals surface area contributed by atoms with E-state index in [2.05, 4.69) is 25.2 Å². The second-order valence-electron chi connectivity index (χ2n) is 6.18. The first-order chi connectivity index (χ1) is 13.2. The van der Waals surface area contributed by atoms with Crippen LogP contribution in [0.3, 0.4) is 0 Å². The average molecular weight is 370 g/mol. The largest absolute Gasteiger partial charge is 0.450 e. The molecule has 1 aliphatic rings. The second kappa shape index (κ2) is 9.07. The fourth-order valence-electron chi connectivity index (χ4n) is 3.03. The number of amides is 1. The van der Waals surface area contributed by atoms with E-state index < -0.39 is 0 Å². The van der Waals surface area contributed by atoms with Crippen LogP contribution in [0.1, 0.15) is 12.7 Å². The van der Waals surface area contributed by atoms with Gasteiger partial charge in [0.25, 0.3) is 0 Å². The Morgan fingerprint density at radius 3 is 2.59 bits per heavy atom. The molecule has 3 rings (SSSR count). The summed E-state index contributed by atoms with van der Waals surface area (Å²) >= 11 is 0. The van der Waals surface area contributed by atoms with Crippen molar-refractivity contribution in [2.75, 3.05) is 39.8 Å². The Kier molecular flexibility index (Phi) is 6.30. The maximum Gasteiger partial charge on any atom is 0.409 e. The number of rotatable bonds is 4. The number of carbonyl (C=O) groups is 1. The number of nitrogens with one attached hydrogen (secondary N) is 2. The lowest BCUT2D eigenvalue weighted by molar-refractivity contribution is 0.0914. The number of H-pyrrole nitrogens is 1. The molecule has 8 heteroatoms. The van der Waals surface area contributed by atoms with E-state index in [1.807, 2.05) is 43.5 Å². The minimum atomic E-state index is -0.246. The van der Waals surface area contributed by atoms with Crippen molar-refractivity contribution in [3.05, 3.63) is 42.4 Å². The number of hydrogen-bond acceptors (Lipinski definition) is 4. The zero-order valence-corrected chi connectivity index (χ0v) is 15.8. The summed E-state index contributed by atoms with van der Waals surface area (Å²) in [4.78, 5) is 27.8. The van der Waals surface area contributed by atoms with Gasteiger partial charge in [-0.25, -0.2) is 9.78 Å². The third kappa shape index (κ3) is 4.78. The van der Waals surface area contributed by atoms with Gasteiger partial charge in [-0.2, -0.15) is 0 Å². The summed E-state index contributed by atoms with van der Waals surface area (Å²) < 4.78 is 5.06. The number of guanidine groups is 1. The molecule has 0 spiro atoms. The lowest BCUT2D eigenvalue weighted by Crippen LogP contribution is -2.53. The van der Waals surface area contributed by atoms with Gasteiger partial charge in [-0.3, -0.25) is 4.99 Å². The monoisotopic (exact) mass is 370 g/mol. The number of aromatic nitrogens is 2. The molecular formula is C19H26N6O2. The van der Waals surface area contributed by atoms with E-state index in [0.717, 1.165) is 23.0 Å². The molecule has 1 aromatic heterocycles. The van der Waals surface area contributed by atoms with Crippen molar-refractivity contribution in [2.45, 2.75) is 13.5 Å². The molecule has 1 aliphatic heterocycles. The van der Waals surface area contributed by atoms with Gasteiger partial charge in [-0.15, -0.1) is 0 Å². The number of benzene rings is 1. The summed E-state index contributed by atoms with van der Waals surface area (Å²) in [5, 5.41) is 3.34. The van der Waals surface area contributed by atoms with Crippen LogP contribution in [-0.2, 0) is 11.3 Å². The van der Waals surface area contributed by atoms with Crippen molar-refractivity contribution in [2.24, 2.45) is 4.99 Å². The number of aromatic amines is 1. The highest BCUT2D eigenvalue weighted by Crippen LogP contribution is 2.16. The Bertz CT molecular complexity index is 766. The van der Waals surface area contributed by atoms with Gasteiger partial charge < -0.3 is 24.8 Å². The van der Waals surface area contributed by atoms with Crippen LogP contribution in [0.15, 0.2) is 41.5 Å². The Labute approximate surface area is 159 Å². The fourth-order valence-corrected chi connectivity index (χ4v) is 3.03. The highest BCUT2D eigenvalue weighted by molar-refractivity contribution is 5.80. The van der Waals surface area contributed by atoms with Gasteiger partial charge in [0.1, 0.15) is 5.82 Å². The molecule has 1 amide bonds. The predicted octanol–water partition coefficient (Wildman–Crippen LogP) is 1.93. The maximum atomic E-state index is 11.8. The Morgan fingerprint density at radius 2 is 1.93 bits per heavy atom. The summed E-state index contributed by atoms with van der Waals surface area (Å²) in [6.07, 6.45) is 1.59. The third-order valence-electron chi connectivity index (χ3n) is 4.44. The molecule has 2 heterocycles. The van der Waals surface area contributed by atoms with Crippen molar-refractivity contribution in [3.8, 4) is 11.3 Å². The molecule has 144 valence electrons. The highest BCUT2D eigenvalue weighted by Gasteiger charge is 2.23. The SMILES string of the molecule is CCOC(=O)N1CCN(C(=NC)NCc2ncc(-c3ccccc3)[nH]2)CC1. The summed E-state index contributed by atoms with van der Waals surface area (Å²) in [7, 11) is 1.76. The summed E-state index contributed by atoms with van der Waals surface area (Å²) in [6, 6.07) is 10.1. The van der Waals surface area contributed by atoms with Gasteiger partial charge in [-0.05, 0) is 12.5 Å². The van der Waals surface area contributed by atoms with Gasteiger partial charge in [0, 0.05) is 33.2 Å². The van der Waals surface area contributed by atoms with Gasteiger partial charge in [0.2, 0.25) is 0 Å². The number of nitrogens with zero attached hydrogens (tertiary/aromatic N) is 4.